The van der Waals surface area contributed by atoms with Crippen LogP contribution in [-0.2, 0) is 16.0 Å². The van der Waals surface area contributed by atoms with Crippen LogP contribution in [0.15, 0.2) is 42.5 Å². The number of rotatable bonds is 7. The fraction of sp³-hybridized carbons (Fsp3) is 0.417. The van der Waals surface area contributed by atoms with Gasteiger partial charge in [0.25, 0.3) is 5.91 Å². The second-order valence-electron chi connectivity index (χ2n) is 7.57. The lowest BCUT2D eigenvalue weighted by atomic mass is 10.1. The number of aryl methyl sites for hydroxylation is 2. The zero-order chi connectivity index (χ0) is 21.5. The molecule has 0 aliphatic carbocycles. The molecule has 0 bridgehead atoms. The SMILES string of the molecule is CCOc1ccc(CC(=O)N2CCN(C(=O)COc3ccc(C)cc3C)CC2)cc1. The van der Waals surface area contributed by atoms with E-state index in [0.717, 1.165) is 28.2 Å². The molecule has 6 heteroatoms. The lowest BCUT2D eigenvalue weighted by Crippen LogP contribution is -2.52. The van der Waals surface area contributed by atoms with Gasteiger partial charge in [-0.1, -0.05) is 29.8 Å². The van der Waals surface area contributed by atoms with Gasteiger partial charge in [0.05, 0.1) is 13.0 Å². The van der Waals surface area contributed by atoms with Gasteiger partial charge in [-0.15, -0.1) is 0 Å². The van der Waals surface area contributed by atoms with Crippen LogP contribution in [0.5, 0.6) is 11.5 Å². The molecule has 1 fully saturated rings. The summed E-state index contributed by atoms with van der Waals surface area (Å²) in [4.78, 5) is 28.7. The van der Waals surface area contributed by atoms with Crippen molar-refractivity contribution in [2.24, 2.45) is 0 Å². The molecule has 0 N–H and O–H groups in total. The van der Waals surface area contributed by atoms with Gasteiger partial charge in [0.15, 0.2) is 6.61 Å². The first-order valence-corrected chi connectivity index (χ1v) is 10.4. The third-order valence-corrected chi connectivity index (χ3v) is 5.26. The fourth-order valence-electron chi connectivity index (χ4n) is 3.55. The molecule has 2 aromatic carbocycles. The van der Waals surface area contributed by atoms with E-state index in [-0.39, 0.29) is 18.4 Å². The number of amides is 2. The topological polar surface area (TPSA) is 59.1 Å². The van der Waals surface area contributed by atoms with Gasteiger partial charge < -0.3 is 19.3 Å². The highest BCUT2D eigenvalue weighted by molar-refractivity contribution is 5.80. The van der Waals surface area contributed by atoms with Gasteiger partial charge in [-0.2, -0.15) is 0 Å². The monoisotopic (exact) mass is 410 g/mol. The summed E-state index contributed by atoms with van der Waals surface area (Å²) >= 11 is 0. The average molecular weight is 411 g/mol. The Bertz CT molecular complexity index is 871. The van der Waals surface area contributed by atoms with Crippen LogP contribution >= 0.6 is 0 Å². The maximum Gasteiger partial charge on any atom is 0.260 e. The maximum atomic E-state index is 12.6. The largest absolute Gasteiger partial charge is 0.494 e. The third kappa shape index (κ3) is 5.75. The van der Waals surface area contributed by atoms with Crippen LogP contribution in [0.3, 0.4) is 0 Å². The van der Waals surface area contributed by atoms with E-state index in [9.17, 15) is 9.59 Å². The first-order chi connectivity index (χ1) is 14.5. The predicted octanol–water partition coefficient (Wildman–Crippen LogP) is 2.99. The van der Waals surface area contributed by atoms with E-state index in [1.807, 2.05) is 68.1 Å². The van der Waals surface area contributed by atoms with Crippen LogP contribution in [0.2, 0.25) is 0 Å². The lowest BCUT2D eigenvalue weighted by Gasteiger charge is -2.34. The second-order valence-corrected chi connectivity index (χ2v) is 7.57. The van der Waals surface area contributed by atoms with E-state index in [2.05, 4.69) is 0 Å². The summed E-state index contributed by atoms with van der Waals surface area (Å²) in [5.74, 6) is 1.58. The highest BCUT2D eigenvalue weighted by atomic mass is 16.5. The molecule has 1 saturated heterocycles. The second kappa shape index (κ2) is 10.1. The van der Waals surface area contributed by atoms with Crippen molar-refractivity contribution in [3.63, 3.8) is 0 Å². The van der Waals surface area contributed by atoms with E-state index < -0.39 is 0 Å². The zero-order valence-corrected chi connectivity index (χ0v) is 18.0. The highest BCUT2D eigenvalue weighted by Crippen LogP contribution is 2.19. The van der Waals surface area contributed by atoms with Gasteiger partial charge in [-0.25, -0.2) is 0 Å². The molecule has 3 rings (SSSR count). The van der Waals surface area contributed by atoms with Crippen molar-refractivity contribution in [2.45, 2.75) is 27.2 Å². The molecule has 0 unspecified atom stereocenters. The van der Waals surface area contributed by atoms with E-state index in [0.29, 0.717) is 39.2 Å². The summed E-state index contributed by atoms with van der Waals surface area (Å²) in [7, 11) is 0. The number of nitrogens with zero attached hydrogens (tertiary/aromatic N) is 2. The van der Waals surface area contributed by atoms with Gasteiger partial charge in [-0.05, 0) is 50.1 Å². The molecule has 1 heterocycles. The Kier molecular flexibility index (Phi) is 7.33. The molecule has 2 aromatic rings. The molecule has 0 atom stereocenters. The van der Waals surface area contributed by atoms with E-state index >= 15 is 0 Å². The number of hydrogen-bond acceptors (Lipinski definition) is 4. The fourth-order valence-corrected chi connectivity index (χ4v) is 3.55. The zero-order valence-electron chi connectivity index (χ0n) is 18.0. The van der Waals surface area contributed by atoms with Crippen molar-refractivity contribution in [3.05, 3.63) is 59.2 Å². The molecule has 1 aliphatic heterocycles. The molecule has 0 radical (unpaired) electrons. The molecule has 2 amide bonds. The molecule has 0 aromatic heterocycles. The summed E-state index contributed by atoms with van der Waals surface area (Å²) < 4.78 is 11.1. The van der Waals surface area contributed by atoms with Crippen LogP contribution < -0.4 is 9.47 Å². The Morgan fingerprint density at radius 3 is 2.10 bits per heavy atom. The number of piperazine rings is 1. The van der Waals surface area contributed by atoms with Crippen molar-refractivity contribution >= 4 is 11.8 Å². The molecule has 160 valence electrons. The van der Waals surface area contributed by atoms with Gasteiger partial charge in [0, 0.05) is 26.2 Å². The predicted molar refractivity (Wildman–Crippen MR) is 116 cm³/mol. The number of benzene rings is 2. The van der Waals surface area contributed by atoms with Gasteiger partial charge in [0.1, 0.15) is 11.5 Å². The van der Waals surface area contributed by atoms with Crippen LogP contribution in [0.1, 0.15) is 23.6 Å². The van der Waals surface area contributed by atoms with Gasteiger partial charge in [0.2, 0.25) is 5.91 Å². The maximum absolute atomic E-state index is 12.6. The summed E-state index contributed by atoms with van der Waals surface area (Å²) in [5, 5.41) is 0. The molecular weight excluding hydrogens is 380 g/mol. The van der Waals surface area contributed by atoms with Gasteiger partial charge in [-0.3, -0.25) is 9.59 Å². The Hall–Kier alpha value is -3.02. The number of hydrogen-bond donors (Lipinski definition) is 0. The van der Waals surface area contributed by atoms with E-state index in [4.69, 9.17) is 9.47 Å². The number of ether oxygens (including phenoxy) is 2. The summed E-state index contributed by atoms with van der Waals surface area (Å²) in [5.41, 5.74) is 3.15. The van der Waals surface area contributed by atoms with Gasteiger partial charge >= 0.3 is 0 Å². The standard InChI is InChI=1S/C24H30N2O4/c1-4-29-21-8-6-20(7-9-21)16-23(27)25-11-13-26(14-12-25)24(28)17-30-22-10-5-18(2)15-19(22)3/h5-10,15H,4,11-14,16-17H2,1-3H3. The molecule has 0 saturated carbocycles. The Morgan fingerprint density at radius 1 is 0.867 bits per heavy atom. The molecule has 0 spiro atoms. The Morgan fingerprint density at radius 2 is 1.50 bits per heavy atom. The summed E-state index contributed by atoms with van der Waals surface area (Å²) in [6.07, 6.45) is 0.357. The first kappa shape index (κ1) is 21.7. The van der Waals surface area contributed by atoms with Crippen LogP contribution in [0.25, 0.3) is 0 Å². The number of carbonyl (C=O) groups excluding carboxylic acids is 2. The van der Waals surface area contributed by atoms with Crippen molar-refractivity contribution in [2.75, 3.05) is 39.4 Å². The van der Waals surface area contributed by atoms with Crippen molar-refractivity contribution in [1.82, 2.24) is 9.80 Å². The lowest BCUT2D eigenvalue weighted by molar-refractivity contribution is -0.140. The molecule has 30 heavy (non-hydrogen) atoms. The van der Waals surface area contributed by atoms with Crippen LogP contribution in [-0.4, -0.2) is 61.0 Å². The third-order valence-electron chi connectivity index (χ3n) is 5.26. The van der Waals surface area contributed by atoms with E-state index in [1.54, 1.807) is 4.90 Å². The number of carbonyl (C=O) groups is 2. The van der Waals surface area contributed by atoms with Crippen LogP contribution in [0.4, 0.5) is 0 Å². The summed E-state index contributed by atoms with van der Waals surface area (Å²) in [6.45, 7) is 8.74. The average Bonchev–Trinajstić information content (AvgIpc) is 2.74. The van der Waals surface area contributed by atoms with E-state index in [1.165, 1.54) is 0 Å². The molecule has 1 aliphatic rings. The van der Waals surface area contributed by atoms with Crippen molar-refractivity contribution in [1.29, 1.82) is 0 Å². The minimum Gasteiger partial charge on any atom is -0.494 e. The normalized spacial score (nSPS) is 13.8. The Balaban J connectivity index is 1.44. The Labute approximate surface area is 178 Å². The van der Waals surface area contributed by atoms with Crippen LogP contribution in [0, 0.1) is 13.8 Å². The highest BCUT2D eigenvalue weighted by Gasteiger charge is 2.24. The molecular formula is C24H30N2O4. The first-order valence-electron chi connectivity index (χ1n) is 10.4. The quantitative estimate of drug-likeness (QED) is 0.704. The minimum absolute atomic E-state index is 0.0179. The van der Waals surface area contributed by atoms with Crippen molar-refractivity contribution in [3.8, 4) is 11.5 Å². The minimum atomic E-state index is -0.0476. The summed E-state index contributed by atoms with van der Waals surface area (Å²) in [6, 6.07) is 13.5. The smallest absolute Gasteiger partial charge is 0.260 e. The molecule has 6 nitrogen and oxygen atoms in total. The van der Waals surface area contributed by atoms with Crippen molar-refractivity contribution < 1.29 is 19.1 Å².